The Morgan fingerprint density at radius 3 is 2.52 bits per heavy atom. The van der Waals surface area contributed by atoms with E-state index >= 15 is 0 Å². The molecule has 1 saturated carbocycles. The molecule has 0 radical (unpaired) electrons. The van der Waals surface area contributed by atoms with Crippen molar-refractivity contribution in [3.8, 4) is 0 Å². The van der Waals surface area contributed by atoms with E-state index in [9.17, 15) is 9.90 Å². The molecule has 0 bridgehead atoms. The first-order valence-corrected chi connectivity index (χ1v) is 8.61. The normalized spacial score (nSPS) is 17.7. The number of carboxylic acids is 1. The third-order valence-electron chi connectivity index (χ3n) is 5.11. The number of nitrogens with zero attached hydrogens (tertiary/aromatic N) is 3. The van der Waals surface area contributed by atoms with Crippen LogP contribution in [-0.4, -0.2) is 25.7 Å². The van der Waals surface area contributed by atoms with Crippen LogP contribution in [0.25, 0.3) is 5.65 Å². The van der Waals surface area contributed by atoms with Crippen molar-refractivity contribution in [1.29, 1.82) is 0 Å². The molecule has 0 saturated heterocycles. The van der Waals surface area contributed by atoms with Gasteiger partial charge >= 0.3 is 5.97 Å². The van der Waals surface area contributed by atoms with Crippen LogP contribution in [0.3, 0.4) is 0 Å². The van der Waals surface area contributed by atoms with Gasteiger partial charge in [-0.3, -0.25) is 0 Å². The van der Waals surface area contributed by atoms with Gasteiger partial charge in [0.05, 0.1) is 0 Å². The Morgan fingerprint density at radius 1 is 1.22 bits per heavy atom. The van der Waals surface area contributed by atoms with E-state index < -0.39 is 5.97 Å². The van der Waals surface area contributed by atoms with E-state index in [-0.39, 0.29) is 11.6 Å². The summed E-state index contributed by atoms with van der Waals surface area (Å²) in [6, 6.07) is 3.70. The molecule has 2 aromatic heterocycles. The van der Waals surface area contributed by atoms with E-state index in [1.54, 1.807) is 10.6 Å². The van der Waals surface area contributed by atoms with Crippen molar-refractivity contribution in [2.45, 2.75) is 64.7 Å². The van der Waals surface area contributed by atoms with Crippen molar-refractivity contribution in [3.63, 3.8) is 0 Å². The Bertz CT molecular complexity index is 714. The van der Waals surface area contributed by atoms with Crippen LogP contribution in [0.2, 0.25) is 0 Å². The highest BCUT2D eigenvalue weighted by molar-refractivity contribution is 5.86. The number of hydrogen-bond donors (Lipinski definition) is 1. The first kappa shape index (κ1) is 16.0. The Morgan fingerprint density at radius 2 is 1.91 bits per heavy atom. The van der Waals surface area contributed by atoms with E-state index in [1.165, 1.54) is 32.1 Å². The summed E-state index contributed by atoms with van der Waals surface area (Å²) in [5.41, 5.74) is 2.80. The van der Waals surface area contributed by atoms with Gasteiger partial charge in [-0.2, -0.15) is 5.10 Å². The summed E-state index contributed by atoms with van der Waals surface area (Å²) < 4.78 is 1.69. The molecule has 1 fully saturated rings. The van der Waals surface area contributed by atoms with Crippen molar-refractivity contribution < 1.29 is 9.90 Å². The maximum Gasteiger partial charge on any atom is 0.356 e. The van der Waals surface area contributed by atoms with Gasteiger partial charge in [0.15, 0.2) is 11.3 Å². The van der Waals surface area contributed by atoms with Gasteiger partial charge in [-0.25, -0.2) is 14.3 Å². The molecular formula is C18H25N3O2. The summed E-state index contributed by atoms with van der Waals surface area (Å²) in [6.45, 7) is 6.46. The maximum atomic E-state index is 11.2. The number of carbonyl (C=O) groups is 1. The monoisotopic (exact) mass is 315 g/mol. The number of aromatic nitrogens is 3. The van der Waals surface area contributed by atoms with E-state index in [0.29, 0.717) is 17.5 Å². The molecule has 1 aliphatic rings. The quantitative estimate of drug-likeness (QED) is 0.916. The maximum absolute atomic E-state index is 11.2. The lowest BCUT2D eigenvalue weighted by Crippen LogP contribution is -2.16. The summed E-state index contributed by atoms with van der Waals surface area (Å²) in [4.78, 5) is 15.9. The predicted molar refractivity (Wildman–Crippen MR) is 89.0 cm³/mol. The summed E-state index contributed by atoms with van der Waals surface area (Å²) in [5, 5.41) is 13.4. The predicted octanol–water partition coefficient (Wildman–Crippen LogP) is 4.23. The molecule has 1 atom stereocenters. The number of aromatic carboxylic acids is 1. The van der Waals surface area contributed by atoms with Gasteiger partial charge in [-0.15, -0.1) is 0 Å². The minimum absolute atomic E-state index is 0.0573. The molecule has 1 unspecified atom stereocenters. The SMILES string of the molecule is CC(C)c1cc(C(C)C2CCCCC2)nc2cc(C(=O)O)nn12. The molecule has 5 nitrogen and oxygen atoms in total. The van der Waals surface area contributed by atoms with Crippen LogP contribution in [0.4, 0.5) is 0 Å². The number of hydrogen-bond acceptors (Lipinski definition) is 3. The molecule has 124 valence electrons. The van der Waals surface area contributed by atoms with Crippen LogP contribution in [0, 0.1) is 5.92 Å². The molecule has 5 heteroatoms. The molecule has 0 spiro atoms. The molecule has 0 amide bonds. The molecule has 0 aliphatic heterocycles. The first-order chi connectivity index (χ1) is 11.0. The topological polar surface area (TPSA) is 67.5 Å². The lowest BCUT2D eigenvalue weighted by molar-refractivity contribution is 0.0690. The molecule has 1 aliphatic carbocycles. The van der Waals surface area contributed by atoms with Gasteiger partial charge < -0.3 is 5.11 Å². The second-order valence-electron chi connectivity index (χ2n) is 7.05. The molecule has 23 heavy (non-hydrogen) atoms. The standard InChI is InChI=1S/C18H25N3O2/c1-11(2)16-9-14(12(3)13-7-5-4-6-8-13)19-17-10-15(18(22)23)20-21(16)17/h9-13H,4-8H2,1-3H3,(H,22,23). The van der Waals surface area contributed by atoms with Crippen LogP contribution >= 0.6 is 0 Å². The van der Waals surface area contributed by atoms with E-state index in [1.807, 2.05) is 0 Å². The van der Waals surface area contributed by atoms with Gasteiger partial charge in [0.25, 0.3) is 0 Å². The third kappa shape index (κ3) is 3.09. The summed E-state index contributed by atoms with van der Waals surface area (Å²) >= 11 is 0. The molecule has 3 rings (SSSR count). The lowest BCUT2D eigenvalue weighted by atomic mass is 9.79. The Labute approximate surface area is 136 Å². The Kier molecular flexibility index (Phi) is 4.37. The molecule has 0 aromatic carbocycles. The molecule has 2 heterocycles. The molecule has 2 aromatic rings. The van der Waals surface area contributed by atoms with Gasteiger partial charge in [0.1, 0.15) is 0 Å². The number of rotatable bonds is 4. The zero-order chi connectivity index (χ0) is 16.6. The van der Waals surface area contributed by atoms with Crippen LogP contribution < -0.4 is 0 Å². The second-order valence-corrected chi connectivity index (χ2v) is 7.05. The van der Waals surface area contributed by atoms with E-state index in [4.69, 9.17) is 4.98 Å². The van der Waals surface area contributed by atoms with Crippen molar-refractivity contribution >= 4 is 11.6 Å². The van der Waals surface area contributed by atoms with Crippen molar-refractivity contribution in [2.24, 2.45) is 5.92 Å². The third-order valence-corrected chi connectivity index (χ3v) is 5.11. The first-order valence-electron chi connectivity index (χ1n) is 8.61. The average Bonchev–Trinajstić information content (AvgIpc) is 2.98. The highest BCUT2D eigenvalue weighted by atomic mass is 16.4. The van der Waals surface area contributed by atoms with Crippen LogP contribution in [0.1, 0.15) is 86.6 Å². The lowest BCUT2D eigenvalue weighted by Gasteiger charge is -2.27. The average molecular weight is 315 g/mol. The number of fused-ring (bicyclic) bond motifs is 1. The zero-order valence-electron chi connectivity index (χ0n) is 14.1. The summed E-state index contributed by atoms with van der Waals surface area (Å²) in [7, 11) is 0. The highest BCUT2D eigenvalue weighted by Crippen LogP contribution is 2.36. The van der Waals surface area contributed by atoms with Gasteiger partial charge in [0, 0.05) is 23.4 Å². The van der Waals surface area contributed by atoms with Gasteiger partial charge in [-0.05, 0) is 30.7 Å². The fourth-order valence-corrected chi connectivity index (χ4v) is 3.64. The Hall–Kier alpha value is -1.91. The molecule has 1 N–H and O–H groups in total. The second kappa shape index (κ2) is 6.30. The summed E-state index contributed by atoms with van der Waals surface area (Å²) in [6.07, 6.45) is 6.50. The van der Waals surface area contributed by atoms with Crippen molar-refractivity contribution in [3.05, 3.63) is 29.2 Å². The van der Waals surface area contributed by atoms with Gasteiger partial charge in [0.2, 0.25) is 0 Å². The summed E-state index contributed by atoms with van der Waals surface area (Å²) in [5.74, 6) is 0.341. The van der Waals surface area contributed by atoms with Crippen LogP contribution in [0.5, 0.6) is 0 Å². The highest BCUT2D eigenvalue weighted by Gasteiger charge is 2.24. The largest absolute Gasteiger partial charge is 0.476 e. The minimum atomic E-state index is -1.01. The zero-order valence-corrected chi connectivity index (χ0v) is 14.1. The fraction of sp³-hybridized carbons (Fsp3) is 0.611. The van der Waals surface area contributed by atoms with Crippen molar-refractivity contribution in [2.75, 3.05) is 0 Å². The smallest absolute Gasteiger partial charge is 0.356 e. The fourth-order valence-electron chi connectivity index (χ4n) is 3.64. The molecular weight excluding hydrogens is 290 g/mol. The van der Waals surface area contributed by atoms with E-state index in [2.05, 4.69) is 31.9 Å². The van der Waals surface area contributed by atoms with Crippen LogP contribution in [0.15, 0.2) is 12.1 Å². The van der Waals surface area contributed by atoms with E-state index in [0.717, 1.165) is 11.4 Å². The Balaban J connectivity index is 2.05. The van der Waals surface area contributed by atoms with Crippen molar-refractivity contribution in [1.82, 2.24) is 14.6 Å². The van der Waals surface area contributed by atoms with Crippen LogP contribution in [-0.2, 0) is 0 Å². The van der Waals surface area contributed by atoms with Gasteiger partial charge in [-0.1, -0.05) is 40.0 Å². The minimum Gasteiger partial charge on any atom is -0.476 e. The number of carboxylic acid groups (broad SMARTS) is 1.